The van der Waals surface area contributed by atoms with Gasteiger partial charge in [0.2, 0.25) is 0 Å². The SMILES string of the molecule is Cc1ccc(-n2nc(C(C)(C)C)cc2NC(=O)N[C@H]2CC[C@@H](Oc3ccc4nnc([C@H]5CCCN5)n4c3)c3ccccc32)cc1. The molecule has 1 aliphatic heterocycles. The molecule has 0 saturated carbocycles. The summed E-state index contributed by atoms with van der Waals surface area (Å²) in [7, 11) is 0. The van der Waals surface area contributed by atoms with Crippen molar-refractivity contribution in [2.45, 2.75) is 77.0 Å². The van der Waals surface area contributed by atoms with Crippen molar-refractivity contribution < 1.29 is 9.53 Å². The van der Waals surface area contributed by atoms with Gasteiger partial charge in [-0.3, -0.25) is 9.72 Å². The number of aromatic nitrogens is 5. The summed E-state index contributed by atoms with van der Waals surface area (Å²) in [4.78, 5) is 13.5. The molecule has 1 fully saturated rings. The lowest BCUT2D eigenvalue weighted by Gasteiger charge is -2.32. The molecule has 2 amide bonds. The highest BCUT2D eigenvalue weighted by Crippen LogP contribution is 2.39. The number of fused-ring (bicyclic) bond motifs is 2. The number of nitrogens with zero attached hydrogens (tertiary/aromatic N) is 5. The summed E-state index contributed by atoms with van der Waals surface area (Å²) in [5.74, 6) is 2.32. The van der Waals surface area contributed by atoms with Crippen LogP contribution >= 0.6 is 0 Å². The predicted octanol–water partition coefficient (Wildman–Crippen LogP) is 6.72. The molecule has 0 radical (unpaired) electrons. The molecule has 2 aliphatic rings. The minimum atomic E-state index is -0.269. The smallest absolute Gasteiger partial charge is 0.320 e. The van der Waals surface area contributed by atoms with E-state index < -0.39 is 0 Å². The fourth-order valence-electron chi connectivity index (χ4n) is 6.32. The van der Waals surface area contributed by atoms with E-state index in [0.29, 0.717) is 5.82 Å². The first kappa shape index (κ1) is 29.0. The van der Waals surface area contributed by atoms with E-state index in [4.69, 9.17) is 9.84 Å². The molecular weight excluding hydrogens is 564 g/mol. The van der Waals surface area contributed by atoms with Gasteiger partial charge in [0, 0.05) is 11.5 Å². The zero-order valence-electron chi connectivity index (χ0n) is 26.2. The zero-order chi connectivity index (χ0) is 31.1. The number of carbonyl (C=O) groups excluding carboxylic acids is 1. The van der Waals surface area contributed by atoms with Crippen LogP contribution in [0.4, 0.5) is 10.6 Å². The Balaban J connectivity index is 1.09. The molecule has 7 rings (SSSR count). The molecule has 10 nitrogen and oxygen atoms in total. The molecule has 1 saturated heterocycles. The summed E-state index contributed by atoms with van der Waals surface area (Å²) in [6.45, 7) is 9.40. The number of rotatable bonds is 6. The van der Waals surface area contributed by atoms with Crippen molar-refractivity contribution in [3.05, 3.63) is 101 Å². The topological polar surface area (TPSA) is 110 Å². The number of hydrogen-bond donors (Lipinski definition) is 3. The van der Waals surface area contributed by atoms with E-state index >= 15 is 0 Å². The minimum Gasteiger partial charge on any atom is -0.484 e. The first-order valence-corrected chi connectivity index (χ1v) is 15.8. The van der Waals surface area contributed by atoms with Crippen LogP contribution in [-0.2, 0) is 5.41 Å². The van der Waals surface area contributed by atoms with Gasteiger partial charge in [-0.05, 0) is 74.5 Å². The number of urea groups is 1. The third-order valence-corrected chi connectivity index (χ3v) is 8.79. The maximum Gasteiger partial charge on any atom is 0.320 e. The lowest BCUT2D eigenvalue weighted by atomic mass is 9.85. The highest BCUT2D eigenvalue weighted by Gasteiger charge is 2.30. The summed E-state index contributed by atoms with van der Waals surface area (Å²) < 4.78 is 10.4. The van der Waals surface area contributed by atoms with Crippen LogP contribution in [0.2, 0.25) is 0 Å². The van der Waals surface area contributed by atoms with Crippen LogP contribution in [0.5, 0.6) is 5.75 Å². The van der Waals surface area contributed by atoms with Gasteiger partial charge in [-0.1, -0.05) is 62.7 Å². The van der Waals surface area contributed by atoms with Gasteiger partial charge in [0.25, 0.3) is 0 Å². The number of anilines is 1. The zero-order valence-corrected chi connectivity index (χ0v) is 26.2. The Morgan fingerprint density at radius 3 is 2.53 bits per heavy atom. The van der Waals surface area contributed by atoms with E-state index in [1.54, 1.807) is 4.68 Å². The Kier molecular flexibility index (Phi) is 7.53. The third-order valence-electron chi connectivity index (χ3n) is 8.79. The van der Waals surface area contributed by atoms with Gasteiger partial charge in [-0.15, -0.1) is 10.2 Å². The van der Waals surface area contributed by atoms with Gasteiger partial charge in [-0.25, -0.2) is 9.48 Å². The van der Waals surface area contributed by atoms with Crippen molar-refractivity contribution in [1.82, 2.24) is 35.0 Å². The minimum absolute atomic E-state index is 0.137. The predicted molar refractivity (Wildman–Crippen MR) is 174 cm³/mol. The Labute approximate surface area is 263 Å². The van der Waals surface area contributed by atoms with Crippen LogP contribution in [-0.4, -0.2) is 37.0 Å². The van der Waals surface area contributed by atoms with Gasteiger partial charge >= 0.3 is 6.03 Å². The van der Waals surface area contributed by atoms with E-state index in [0.717, 1.165) is 77.5 Å². The van der Waals surface area contributed by atoms with Crippen molar-refractivity contribution in [2.24, 2.45) is 0 Å². The van der Waals surface area contributed by atoms with Gasteiger partial charge < -0.3 is 15.4 Å². The first-order valence-electron chi connectivity index (χ1n) is 15.8. The summed E-state index contributed by atoms with van der Waals surface area (Å²) in [6.07, 6.45) is 5.54. The van der Waals surface area contributed by atoms with E-state index in [-0.39, 0.29) is 29.6 Å². The number of ether oxygens (including phenoxy) is 1. The molecule has 4 heterocycles. The molecule has 2 aromatic carbocycles. The molecule has 45 heavy (non-hydrogen) atoms. The highest BCUT2D eigenvalue weighted by molar-refractivity contribution is 5.89. The van der Waals surface area contributed by atoms with Crippen molar-refractivity contribution in [3.8, 4) is 11.4 Å². The maximum atomic E-state index is 13.5. The van der Waals surface area contributed by atoms with E-state index in [1.807, 2.05) is 65.2 Å². The molecule has 10 heteroatoms. The van der Waals surface area contributed by atoms with Crippen molar-refractivity contribution in [2.75, 3.05) is 11.9 Å². The second-order valence-corrected chi connectivity index (χ2v) is 13.2. The lowest BCUT2D eigenvalue weighted by molar-refractivity contribution is 0.171. The highest BCUT2D eigenvalue weighted by atomic mass is 16.5. The number of carbonyl (C=O) groups is 1. The monoisotopic (exact) mass is 604 g/mol. The van der Waals surface area contributed by atoms with Crippen LogP contribution in [0, 0.1) is 6.92 Å². The second kappa shape index (κ2) is 11.7. The van der Waals surface area contributed by atoms with E-state index in [1.165, 1.54) is 0 Å². The molecule has 3 N–H and O–H groups in total. The Morgan fingerprint density at radius 2 is 1.78 bits per heavy atom. The molecule has 1 aliphatic carbocycles. The standard InChI is InChI=1S/C35H40N8O2/c1-22-11-13-23(14-12-22)43-32(20-30(41-43)35(2,3)4)38-34(44)37-27-16-17-29(26-9-6-5-8-25(26)27)45-24-15-18-31-39-40-33(42(31)21-24)28-10-7-19-36-28/h5-6,8-9,11-15,18,20-21,27-29,36H,7,10,16-17,19H2,1-4H3,(H2,37,38,44)/t27-,28+,29+/m0/s1. The van der Waals surface area contributed by atoms with Crippen LogP contribution in [0.3, 0.4) is 0 Å². The number of nitrogens with one attached hydrogen (secondary N) is 3. The van der Waals surface area contributed by atoms with E-state index in [2.05, 4.69) is 66.0 Å². The Morgan fingerprint density at radius 1 is 0.978 bits per heavy atom. The van der Waals surface area contributed by atoms with E-state index in [9.17, 15) is 4.79 Å². The molecule has 0 spiro atoms. The Hall–Kier alpha value is -4.70. The summed E-state index contributed by atoms with van der Waals surface area (Å²) in [6, 6.07) is 22.0. The molecule has 5 aromatic rings. The summed E-state index contributed by atoms with van der Waals surface area (Å²) in [5, 5.41) is 23.5. The Bertz CT molecular complexity index is 1830. The molecule has 232 valence electrons. The number of benzene rings is 2. The normalized spacial score (nSPS) is 19.8. The average molecular weight is 605 g/mol. The number of hydrogen-bond acceptors (Lipinski definition) is 6. The van der Waals surface area contributed by atoms with Gasteiger partial charge in [-0.2, -0.15) is 5.10 Å². The largest absolute Gasteiger partial charge is 0.484 e. The molecule has 3 atom stereocenters. The van der Waals surface area contributed by atoms with Crippen LogP contribution in [0.15, 0.2) is 72.9 Å². The molecular formula is C35H40N8O2. The van der Waals surface area contributed by atoms with Crippen LogP contribution < -0.4 is 20.7 Å². The average Bonchev–Trinajstić information content (AvgIpc) is 3.79. The number of aryl methyl sites for hydroxylation is 1. The second-order valence-electron chi connectivity index (χ2n) is 13.2. The van der Waals surface area contributed by atoms with Crippen LogP contribution in [0.1, 0.15) is 92.9 Å². The maximum absolute atomic E-state index is 13.5. The summed E-state index contributed by atoms with van der Waals surface area (Å²) >= 11 is 0. The molecule has 3 aromatic heterocycles. The van der Waals surface area contributed by atoms with Crippen LogP contribution in [0.25, 0.3) is 11.3 Å². The van der Waals surface area contributed by atoms with Gasteiger partial charge in [0.15, 0.2) is 11.5 Å². The third kappa shape index (κ3) is 5.90. The first-order chi connectivity index (χ1) is 21.7. The lowest BCUT2D eigenvalue weighted by Crippen LogP contribution is -2.36. The van der Waals surface area contributed by atoms with Gasteiger partial charge in [0.1, 0.15) is 17.7 Å². The number of pyridine rings is 1. The fraction of sp³-hybridized carbons (Fsp3) is 0.371. The van der Waals surface area contributed by atoms with Crippen molar-refractivity contribution >= 4 is 17.5 Å². The molecule has 0 unspecified atom stereocenters. The summed E-state index contributed by atoms with van der Waals surface area (Å²) in [5.41, 5.74) is 5.74. The molecule has 0 bridgehead atoms. The van der Waals surface area contributed by atoms with Crippen molar-refractivity contribution in [1.29, 1.82) is 0 Å². The quantitative estimate of drug-likeness (QED) is 0.198. The van der Waals surface area contributed by atoms with Gasteiger partial charge in [0.05, 0.1) is 29.7 Å². The fourth-order valence-corrected chi connectivity index (χ4v) is 6.32. The number of amides is 2. The van der Waals surface area contributed by atoms with Crippen molar-refractivity contribution in [3.63, 3.8) is 0 Å².